The number of carbonyl (C=O) groups excluding carboxylic acids is 2. The molecule has 0 N–H and O–H groups in total. The number of ether oxygens (including phenoxy) is 2. The molecule has 0 aromatic heterocycles. The Kier molecular flexibility index (Phi) is 6.10. The Bertz CT molecular complexity index is 1350. The molecule has 2 heterocycles. The summed E-state index contributed by atoms with van der Waals surface area (Å²) in [5.41, 5.74) is 0.799. The van der Waals surface area contributed by atoms with Crippen molar-refractivity contribution < 1.29 is 28.8 Å². The number of fused-ring (bicyclic) bond motifs is 1. The monoisotopic (exact) mass is 553 g/mol. The highest BCUT2D eigenvalue weighted by Gasteiger charge is 2.61. The van der Waals surface area contributed by atoms with E-state index in [1.165, 1.54) is 31.4 Å². The first kappa shape index (κ1) is 23.8. The first-order valence-electron chi connectivity index (χ1n) is 10.9. The molecular weight excluding hydrogens is 534 g/mol. The Morgan fingerprint density at radius 3 is 2.17 bits per heavy atom. The van der Waals surface area contributed by atoms with Crippen molar-refractivity contribution in [2.24, 2.45) is 5.92 Å². The van der Waals surface area contributed by atoms with Gasteiger partial charge in [0.1, 0.15) is 12.0 Å². The fraction of sp³-hybridized carbons (Fsp3) is 0.200. The van der Waals surface area contributed by atoms with E-state index in [1.807, 2.05) is 0 Å². The molecule has 184 valence electrons. The first-order chi connectivity index (χ1) is 17.3. The SMILES string of the molecule is COc1cc([C@@H]2[C@H]3C(=O)N(c4ccc(Br)cc4)C(=O)[C@H]3ON2c2ccccc2)c([N+](=O)[O-])cc1OC. The highest BCUT2D eigenvalue weighted by molar-refractivity contribution is 9.10. The van der Waals surface area contributed by atoms with Gasteiger partial charge in [-0.15, -0.1) is 0 Å². The summed E-state index contributed by atoms with van der Waals surface area (Å²) < 4.78 is 11.4. The first-order valence-corrected chi connectivity index (χ1v) is 11.7. The zero-order valence-electron chi connectivity index (χ0n) is 19.2. The van der Waals surface area contributed by atoms with Crippen LogP contribution in [0.4, 0.5) is 17.1 Å². The van der Waals surface area contributed by atoms with E-state index in [4.69, 9.17) is 14.3 Å². The molecular formula is C25H20BrN3O7. The van der Waals surface area contributed by atoms with E-state index in [0.29, 0.717) is 11.4 Å². The number of hydrogen-bond donors (Lipinski definition) is 0. The minimum absolute atomic E-state index is 0.160. The zero-order valence-corrected chi connectivity index (χ0v) is 20.7. The molecule has 0 unspecified atom stereocenters. The molecule has 0 radical (unpaired) electrons. The van der Waals surface area contributed by atoms with Crippen LogP contribution in [0.15, 0.2) is 71.2 Å². The van der Waals surface area contributed by atoms with E-state index < -0.39 is 34.8 Å². The van der Waals surface area contributed by atoms with Gasteiger partial charge in [-0.2, -0.15) is 0 Å². The van der Waals surface area contributed by atoms with Crippen molar-refractivity contribution in [2.75, 3.05) is 24.2 Å². The second-order valence-electron chi connectivity index (χ2n) is 8.17. The topological polar surface area (TPSA) is 111 Å². The quantitative estimate of drug-likeness (QED) is 0.250. The van der Waals surface area contributed by atoms with Crippen molar-refractivity contribution in [1.82, 2.24) is 0 Å². The van der Waals surface area contributed by atoms with Crippen molar-refractivity contribution in [1.29, 1.82) is 0 Å². The number of amides is 2. The Hall–Kier alpha value is -3.96. The lowest BCUT2D eigenvalue weighted by molar-refractivity contribution is -0.385. The number of carbonyl (C=O) groups is 2. The number of methoxy groups -OCH3 is 2. The van der Waals surface area contributed by atoms with Gasteiger partial charge < -0.3 is 9.47 Å². The Labute approximate surface area is 214 Å². The minimum atomic E-state index is -1.17. The van der Waals surface area contributed by atoms with Crippen molar-refractivity contribution >= 4 is 44.8 Å². The molecule has 0 saturated carbocycles. The zero-order chi connectivity index (χ0) is 25.6. The molecule has 2 saturated heterocycles. The largest absolute Gasteiger partial charge is 0.493 e. The summed E-state index contributed by atoms with van der Waals surface area (Å²) in [6.07, 6.45) is -1.17. The molecule has 2 fully saturated rings. The molecule has 2 aliphatic rings. The van der Waals surface area contributed by atoms with Gasteiger partial charge in [0.05, 0.1) is 42.1 Å². The lowest BCUT2D eigenvalue weighted by Crippen LogP contribution is -2.37. The number of halogens is 1. The second kappa shape index (κ2) is 9.25. The standard InChI is InChI=1S/C25H20BrN3O7/c1-34-19-12-17(18(29(32)33)13-20(19)35-2)22-21-23(36-28(22)16-6-4-3-5-7-16)25(31)27(24(21)30)15-10-8-14(26)9-11-15/h3-13,21-23H,1-2H3/t21-,22-,23+/m1/s1. The van der Waals surface area contributed by atoms with E-state index in [0.717, 1.165) is 9.37 Å². The van der Waals surface area contributed by atoms with Crippen molar-refractivity contribution in [3.8, 4) is 11.5 Å². The van der Waals surface area contributed by atoms with Crippen LogP contribution < -0.4 is 19.4 Å². The van der Waals surface area contributed by atoms with Crippen LogP contribution in [0.3, 0.4) is 0 Å². The predicted octanol–water partition coefficient (Wildman–Crippen LogP) is 4.43. The average molecular weight is 554 g/mol. The molecule has 36 heavy (non-hydrogen) atoms. The third-order valence-corrected chi connectivity index (χ3v) is 6.79. The van der Waals surface area contributed by atoms with Gasteiger partial charge in [-0.05, 0) is 42.5 Å². The molecule has 3 atom stereocenters. The molecule has 10 nitrogen and oxygen atoms in total. The maximum absolute atomic E-state index is 13.8. The van der Waals surface area contributed by atoms with Gasteiger partial charge in [0, 0.05) is 4.47 Å². The fourth-order valence-corrected chi connectivity index (χ4v) is 4.92. The fourth-order valence-electron chi connectivity index (χ4n) is 4.65. The molecule has 3 aromatic carbocycles. The van der Waals surface area contributed by atoms with Gasteiger partial charge in [0.2, 0.25) is 5.91 Å². The van der Waals surface area contributed by atoms with E-state index in [9.17, 15) is 19.7 Å². The van der Waals surface area contributed by atoms with Crippen molar-refractivity contribution in [3.63, 3.8) is 0 Å². The number of benzene rings is 3. The summed E-state index contributed by atoms with van der Waals surface area (Å²) >= 11 is 3.35. The number of nitrogens with zero attached hydrogens (tertiary/aromatic N) is 3. The van der Waals surface area contributed by atoms with Gasteiger partial charge in [-0.3, -0.25) is 24.5 Å². The number of nitro groups is 1. The predicted molar refractivity (Wildman–Crippen MR) is 133 cm³/mol. The van der Waals surface area contributed by atoms with Crippen LogP contribution in [0.2, 0.25) is 0 Å². The summed E-state index contributed by atoms with van der Waals surface area (Å²) in [4.78, 5) is 45.9. The number of rotatable bonds is 6. The Balaban J connectivity index is 1.68. The van der Waals surface area contributed by atoms with Crippen LogP contribution in [0.1, 0.15) is 11.6 Å². The smallest absolute Gasteiger partial charge is 0.278 e. The number of nitro benzene ring substituents is 1. The van der Waals surface area contributed by atoms with Gasteiger partial charge >= 0.3 is 0 Å². The van der Waals surface area contributed by atoms with Crippen LogP contribution in [0.5, 0.6) is 11.5 Å². The van der Waals surface area contributed by atoms with Crippen LogP contribution in [0, 0.1) is 16.0 Å². The Morgan fingerprint density at radius 1 is 0.917 bits per heavy atom. The summed E-state index contributed by atoms with van der Waals surface area (Å²) in [6.45, 7) is 0. The van der Waals surface area contributed by atoms with Gasteiger partial charge in [-0.1, -0.05) is 34.1 Å². The molecule has 11 heteroatoms. The average Bonchev–Trinajstić information content (AvgIpc) is 3.40. The van der Waals surface area contributed by atoms with Gasteiger partial charge in [0.15, 0.2) is 17.6 Å². The number of anilines is 2. The highest BCUT2D eigenvalue weighted by Crippen LogP contribution is 2.51. The highest BCUT2D eigenvalue weighted by atomic mass is 79.9. The maximum atomic E-state index is 13.8. The summed E-state index contributed by atoms with van der Waals surface area (Å²) in [6, 6.07) is 17.3. The molecule has 5 rings (SSSR count). The molecule has 0 bridgehead atoms. The Morgan fingerprint density at radius 2 is 1.56 bits per heavy atom. The van der Waals surface area contributed by atoms with Gasteiger partial charge in [-0.25, -0.2) is 9.96 Å². The van der Waals surface area contributed by atoms with Crippen molar-refractivity contribution in [2.45, 2.75) is 12.1 Å². The van der Waals surface area contributed by atoms with Crippen molar-refractivity contribution in [3.05, 3.63) is 86.9 Å². The van der Waals surface area contributed by atoms with Crippen LogP contribution in [0.25, 0.3) is 0 Å². The number of para-hydroxylation sites is 1. The third kappa shape index (κ3) is 3.76. The number of imide groups is 1. The van der Waals surface area contributed by atoms with Crippen LogP contribution >= 0.6 is 15.9 Å². The molecule has 2 amide bonds. The molecule has 3 aromatic rings. The minimum Gasteiger partial charge on any atom is -0.493 e. The molecule has 0 aliphatic carbocycles. The number of hydroxylamine groups is 1. The van der Waals surface area contributed by atoms with E-state index in [2.05, 4.69) is 15.9 Å². The van der Waals surface area contributed by atoms with Gasteiger partial charge in [0.25, 0.3) is 11.6 Å². The lowest BCUT2D eigenvalue weighted by atomic mass is 9.89. The normalized spacial score (nSPS) is 21.0. The number of hydrogen-bond acceptors (Lipinski definition) is 8. The van der Waals surface area contributed by atoms with E-state index in [1.54, 1.807) is 54.6 Å². The van der Waals surface area contributed by atoms with Crippen LogP contribution in [-0.2, 0) is 14.4 Å². The third-order valence-electron chi connectivity index (χ3n) is 6.26. The summed E-state index contributed by atoms with van der Waals surface area (Å²) in [5, 5.41) is 13.5. The van der Waals surface area contributed by atoms with E-state index in [-0.39, 0.29) is 22.7 Å². The molecule has 2 aliphatic heterocycles. The summed E-state index contributed by atoms with van der Waals surface area (Å²) in [7, 11) is 2.79. The second-order valence-corrected chi connectivity index (χ2v) is 9.09. The lowest BCUT2D eigenvalue weighted by Gasteiger charge is -2.29. The molecule has 0 spiro atoms. The summed E-state index contributed by atoms with van der Waals surface area (Å²) in [5.74, 6) is -1.69. The van der Waals surface area contributed by atoms with E-state index >= 15 is 0 Å². The van der Waals surface area contributed by atoms with Crippen LogP contribution in [-0.4, -0.2) is 37.1 Å². The maximum Gasteiger partial charge on any atom is 0.278 e.